The molecule has 4 heteroatoms. The first kappa shape index (κ1) is 12.6. The first-order valence-corrected chi connectivity index (χ1v) is 6.72. The molecule has 0 atom stereocenters. The van der Waals surface area contributed by atoms with Crippen LogP contribution in [0.25, 0.3) is 0 Å². The van der Waals surface area contributed by atoms with Crippen molar-refractivity contribution in [3.8, 4) is 0 Å². The number of carbonyl (C=O) groups is 1. The summed E-state index contributed by atoms with van der Waals surface area (Å²) < 4.78 is 0. The van der Waals surface area contributed by atoms with Crippen LogP contribution in [0.2, 0.25) is 0 Å². The van der Waals surface area contributed by atoms with Gasteiger partial charge in [0.1, 0.15) is 0 Å². The molecule has 0 radical (unpaired) electrons. The molecule has 3 nitrogen and oxygen atoms in total. The lowest BCUT2D eigenvalue weighted by molar-refractivity contribution is 0.0963. The van der Waals surface area contributed by atoms with Crippen molar-refractivity contribution in [1.29, 1.82) is 0 Å². The van der Waals surface area contributed by atoms with Gasteiger partial charge in [-0.3, -0.25) is 4.79 Å². The molecule has 0 fully saturated rings. The minimum atomic E-state index is -0.0615. The van der Waals surface area contributed by atoms with Crippen LogP contribution in [0.3, 0.4) is 0 Å². The molecule has 94 valence electrons. The molecule has 2 N–H and O–H groups in total. The number of hydrogen-bond donors (Lipinski definition) is 2. The summed E-state index contributed by atoms with van der Waals surface area (Å²) in [4.78, 5) is 11.6. The molecule has 2 rings (SSSR count). The van der Waals surface area contributed by atoms with Crippen LogP contribution in [0, 0.1) is 6.92 Å². The minimum absolute atomic E-state index is 0.0615. The SMILES string of the molecule is CNC(=O)c1ccc(C)c(NCc2ccsc2)c1. The molecule has 0 unspecified atom stereocenters. The summed E-state index contributed by atoms with van der Waals surface area (Å²) in [6.07, 6.45) is 0. The van der Waals surface area contributed by atoms with E-state index in [1.807, 2.05) is 25.1 Å². The Morgan fingerprint density at radius 3 is 2.83 bits per heavy atom. The standard InChI is InChI=1S/C14H16N2OS/c1-10-3-4-12(14(17)15-2)7-13(10)16-8-11-5-6-18-9-11/h3-7,9,16H,8H2,1-2H3,(H,15,17). The number of rotatable bonds is 4. The smallest absolute Gasteiger partial charge is 0.251 e. The van der Waals surface area contributed by atoms with Crippen molar-refractivity contribution in [2.24, 2.45) is 0 Å². The van der Waals surface area contributed by atoms with Gasteiger partial charge in [-0.1, -0.05) is 6.07 Å². The van der Waals surface area contributed by atoms with E-state index in [-0.39, 0.29) is 5.91 Å². The van der Waals surface area contributed by atoms with Crippen molar-refractivity contribution in [2.45, 2.75) is 13.5 Å². The van der Waals surface area contributed by atoms with Crippen LogP contribution in [0.1, 0.15) is 21.5 Å². The topological polar surface area (TPSA) is 41.1 Å². The number of anilines is 1. The molecule has 1 amide bonds. The largest absolute Gasteiger partial charge is 0.381 e. The fourth-order valence-corrected chi connectivity index (χ4v) is 2.36. The third-order valence-corrected chi connectivity index (χ3v) is 3.52. The molecule has 0 aliphatic rings. The summed E-state index contributed by atoms with van der Waals surface area (Å²) in [7, 11) is 1.64. The lowest BCUT2D eigenvalue weighted by atomic mass is 10.1. The predicted octanol–water partition coefficient (Wildman–Crippen LogP) is 3.03. The second kappa shape index (κ2) is 5.69. The first-order chi connectivity index (χ1) is 8.70. The number of amides is 1. The normalized spacial score (nSPS) is 10.1. The summed E-state index contributed by atoms with van der Waals surface area (Å²) >= 11 is 1.69. The number of nitrogens with one attached hydrogen (secondary N) is 2. The van der Waals surface area contributed by atoms with Gasteiger partial charge in [0.2, 0.25) is 0 Å². The zero-order chi connectivity index (χ0) is 13.0. The van der Waals surface area contributed by atoms with Gasteiger partial charge in [0.05, 0.1) is 0 Å². The van der Waals surface area contributed by atoms with Gasteiger partial charge in [-0.2, -0.15) is 11.3 Å². The Kier molecular flexibility index (Phi) is 3.99. The summed E-state index contributed by atoms with van der Waals surface area (Å²) in [5.74, 6) is -0.0615. The predicted molar refractivity (Wildman–Crippen MR) is 76.2 cm³/mol. The van der Waals surface area contributed by atoms with Crippen molar-refractivity contribution >= 4 is 22.9 Å². The van der Waals surface area contributed by atoms with Gasteiger partial charge in [0.25, 0.3) is 5.91 Å². The van der Waals surface area contributed by atoms with E-state index in [1.165, 1.54) is 5.56 Å². The highest BCUT2D eigenvalue weighted by atomic mass is 32.1. The quantitative estimate of drug-likeness (QED) is 0.887. The van der Waals surface area contributed by atoms with Crippen molar-refractivity contribution in [2.75, 3.05) is 12.4 Å². The summed E-state index contributed by atoms with van der Waals surface area (Å²) in [6.45, 7) is 2.81. The number of aryl methyl sites for hydroxylation is 1. The number of hydrogen-bond acceptors (Lipinski definition) is 3. The third kappa shape index (κ3) is 2.90. The summed E-state index contributed by atoms with van der Waals surface area (Å²) in [5.41, 5.74) is 4.07. The van der Waals surface area contributed by atoms with E-state index < -0.39 is 0 Å². The second-order valence-corrected chi connectivity index (χ2v) is 4.87. The molecule has 0 aliphatic heterocycles. The van der Waals surface area contributed by atoms with Gasteiger partial charge >= 0.3 is 0 Å². The van der Waals surface area contributed by atoms with Gasteiger partial charge in [0, 0.05) is 24.8 Å². The number of benzene rings is 1. The Morgan fingerprint density at radius 1 is 1.33 bits per heavy atom. The van der Waals surface area contributed by atoms with Crippen LogP contribution < -0.4 is 10.6 Å². The van der Waals surface area contributed by atoms with Gasteiger partial charge in [-0.15, -0.1) is 0 Å². The Bertz CT molecular complexity index is 535. The molecule has 1 aromatic heterocycles. The van der Waals surface area contributed by atoms with Crippen LogP contribution in [0.4, 0.5) is 5.69 Å². The fraction of sp³-hybridized carbons (Fsp3) is 0.214. The summed E-state index contributed by atoms with van der Waals surface area (Å²) in [6, 6.07) is 7.78. The zero-order valence-corrected chi connectivity index (χ0v) is 11.3. The highest BCUT2D eigenvalue weighted by molar-refractivity contribution is 7.07. The zero-order valence-electron chi connectivity index (χ0n) is 10.5. The molecule has 18 heavy (non-hydrogen) atoms. The van der Waals surface area contributed by atoms with E-state index in [2.05, 4.69) is 27.5 Å². The van der Waals surface area contributed by atoms with Crippen molar-refractivity contribution < 1.29 is 4.79 Å². The fourth-order valence-electron chi connectivity index (χ4n) is 1.69. The van der Waals surface area contributed by atoms with Crippen LogP contribution in [-0.2, 0) is 6.54 Å². The van der Waals surface area contributed by atoms with E-state index in [0.717, 1.165) is 17.8 Å². The van der Waals surface area contributed by atoms with Crippen LogP contribution in [0.5, 0.6) is 0 Å². The Labute approximate surface area is 111 Å². The van der Waals surface area contributed by atoms with Gasteiger partial charge in [-0.05, 0) is 47.0 Å². The van der Waals surface area contributed by atoms with E-state index in [9.17, 15) is 4.79 Å². The lowest BCUT2D eigenvalue weighted by Gasteiger charge is -2.10. The molecular formula is C14H16N2OS. The highest BCUT2D eigenvalue weighted by Gasteiger charge is 2.06. The van der Waals surface area contributed by atoms with E-state index in [1.54, 1.807) is 18.4 Å². The minimum Gasteiger partial charge on any atom is -0.381 e. The van der Waals surface area contributed by atoms with E-state index >= 15 is 0 Å². The van der Waals surface area contributed by atoms with Crippen molar-refractivity contribution in [3.05, 3.63) is 51.7 Å². The van der Waals surface area contributed by atoms with Gasteiger partial charge < -0.3 is 10.6 Å². The maximum absolute atomic E-state index is 11.6. The third-order valence-electron chi connectivity index (χ3n) is 2.79. The molecule has 1 aromatic carbocycles. The van der Waals surface area contributed by atoms with Gasteiger partial charge in [0.15, 0.2) is 0 Å². The first-order valence-electron chi connectivity index (χ1n) is 5.78. The molecule has 0 bridgehead atoms. The molecule has 0 saturated carbocycles. The molecule has 0 spiro atoms. The van der Waals surface area contributed by atoms with E-state index in [4.69, 9.17) is 0 Å². The molecule has 2 aromatic rings. The monoisotopic (exact) mass is 260 g/mol. The van der Waals surface area contributed by atoms with Gasteiger partial charge in [-0.25, -0.2) is 0 Å². The summed E-state index contributed by atoms with van der Waals surface area (Å²) in [5, 5.41) is 10.2. The van der Waals surface area contributed by atoms with Crippen LogP contribution in [-0.4, -0.2) is 13.0 Å². The lowest BCUT2D eigenvalue weighted by Crippen LogP contribution is -2.18. The molecular weight excluding hydrogens is 244 g/mol. The van der Waals surface area contributed by atoms with Crippen molar-refractivity contribution in [1.82, 2.24) is 5.32 Å². The highest BCUT2D eigenvalue weighted by Crippen LogP contribution is 2.18. The Hall–Kier alpha value is -1.81. The molecule has 0 saturated heterocycles. The number of thiophene rings is 1. The average Bonchev–Trinajstić information content (AvgIpc) is 2.90. The Morgan fingerprint density at radius 2 is 2.17 bits per heavy atom. The van der Waals surface area contributed by atoms with Crippen LogP contribution in [0.15, 0.2) is 35.0 Å². The van der Waals surface area contributed by atoms with Crippen molar-refractivity contribution in [3.63, 3.8) is 0 Å². The number of carbonyl (C=O) groups excluding carboxylic acids is 1. The maximum Gasteiger partial charge on any atom is 0.251 e. The average molecular weight is 260 g/mol. The second-order valence-electron chi connectivity index (χ2n) is 4.09. The molecule has 1 heterocycles. The maximum atomic E-state index is 11.6. The van der Waals surface area contributed by atoms with Crippen LogP contribution >= 0.6 is 11.3 Å². The van der Waals surface area contributed by atoms with E-state index in [0.29, 0.717) is 5.56 Å². The Balaban J connectivity index is 2.13. The molecule has 0 aliphatic carbocycles.